The van der Waals surface area contributed by atoms with E-state index in [0.717, 1.165) is 15.9 Å². The van der Waals surface area contributed by atoms with Crippen molar-refractivity contribution in [3.05, 3.63) is 46.1 Å². The van der Waals surface area contributed by atoms with E-state index >= 15 is 0 Å². The van der Waals surface area contributed by atoms with Crippen LogP contribution in [0.5, 0.6) is 0 Å². The molecule has 0 fully saturated rings. The Morgan fingerprint density at radius 2 is 2.29 bits per heavy atom. The number of rotatable bonds is 3. The lowest BCUT2D eigenvalue weighted by Crippen LogP contribution is -2.42. The summed E-state index contributed by atoms with van der Waals surface area (Å²) in [6.07, 6.45) is 3.75. The van der Waals surface area contributed by atoms with E-state index in [-0.39, 0.29) is 0 Å². The molecule has 3 aliphatic heterocycles. The predicted molar refractivity (Wildman–Crippen MR) is 95.8 cm³/mol. The molecule has 126 valence electrons. The number of fused-ring (bicyclic) bond motifs is 2. The van der Waals surface area contributed by atoms with Gasteiger partial charge in [-0.1, -0.05) is 23.4 Å². The Bertz CT molecular complexity index is 897. The van der Waals surface area contributed by atoms with Crippen molar-refractivity contribution in [1.82, 2.24) is 4.90 Å². The van der Waals surface area contributed by atoms with Crippen LogP contribution in [0, 0.1) is 5.21 Å². The minimum atomic E-state index is -3.77. The Labute approximate surface area is 148 Å². The highest BCUT2D eigenvalue weighted by atomic mass is 35.5. The summed E-state index contributed by atoms with van der Waals surface area (Å²) in [4.78, 5) is 5.72. The van der Waals surface area contributed by atoms with Gasteiger partial charge in [0.2, 0.25) is 0 Å². The molecule has 0 aromatic heterocycles. The van der Waals surface area contributed by atoms with Crippen molar-refractivity contribution in [3.63, 3.8) is 0 Å². The first-order valence-electron chi connectivity index (χ1n) is 7.21. The normalized spacial score (nSPS) is 25.1. The number of thioether (sulfide) groups is 1. The van der Waals surface area contributed by atoms with Crippen molar-refractivity contribution in [2.75, 3.05) is 11.3 Å². The molecule has 0 saturated heterocycles. The number of halogens is 1. The van der Waals surface area contributed by atoms with Gasteiger partial charge in [0.25, 0.3) is 10.0 Å². The van der Waals surface area contributed by atoms with Crippen molar-refractivity contribution < 1.29 is 13.2 Å². The number of anilines is 1. The summed E-state index contributed by atoms with van der Waals surface area (Å²) in [5, 5.41) is 12.7. The fourth-order valence-electron chi connectivity index (χ4n) is 2.86. The van der Waals surface area contributed by atoms with E-state index in [1.165, 1.54) is 18.0 Å². The molecule has 1 aromatic carbocycles. The number of amidine groups is 1. The van der Waals surface area contributed by atoms with Crippen molar-refractivity contribution >= 4 is 50.5 Å². The van der Waals surface area contributed by atoms with Gasteiger partial charge < -0.3 is 10.1 Å². The minimum Gasteiger partial charge on any atom is -0.624 e. The van der Waals surface area contributed by atoms with E-state index in [4.69, 9.17) is 11.6 Å². The fraction of sp³-hybridized carbons (Fsp3) is 0.286. The second-order valence-electron chi connectivity index (χ2n) is 5.57. The Kier molecular flexibility index (Phi) is 3.74. The minimum absolute atomic E-state index is 0.364. The van der Waals surface area contributed by atoms with Crippen LogP contribution in [0.15, 0.2) is 34.8 Å². The number of benzene rings is 1. The molecule has 0 bridgehead atoms. The maximum atomic E-state index is 12.8. The van der Waals surface area contributed by atoms with Gasteiger partial charge in [-0.15, -0.1) is 0 Å². The van der Waals surface area contributed by atoms with E-state index in [1.807, 2.05) is 0 Å². The molecule has 7 nitrogen and oxygen atoms in total. The van der Waals surface area contributed by atoms with Gasteiger partial charge in [0.05, 0.1) is 0 Å². The third kappa shape index (κ3) is 2.66. The van der Waals surface area contributed by atoms with E-state index in [0.29, 0.717) is 23.8 Å². The van der Waals surface area contributed by atoms with Gasteiger partial charge in [-0.2, -0.15) is 0 Å². The van der Waals surface area contributed by atoms with Gasteiger partial charge in [0.1, 0.15) is 0 Å². The summed E-state index contributed by atoms with van der Waals surface area (Å²) in [7, 11) is -3.77. The molecule has 0 aliphatic carbocycles. The van der Waals surface area contributed by atoms with E-state index in [9.17, 15) is 13.6 Å². The van der Waals surface area contributed by atoms with Crippen molar-refractivity contribution in [2.24, 2.45) is 4.99 Å². The second-order valence-corrected chi connectivity index (χ2v) is 8.66. The van der Waals surface area contributed by atoms with Crippen molar-refractivity contribution in [1.29, 1.82) is 0 Å². The Balaban J connectivity index is 1.60. The van der Waals surface area contributed by atoms with Crippen LogP contribution in [0.4, 0.5) is 5.69 Å². The highest BCUT2D eigenvalue weighted by Gasteiger charge is 2.45. The number of nitrogens with zero attached hydrogens (tertiary/aromatic N) is 3. The van der Waals surface area contributed by atoms with Crippen LogP contribution in [0.1, 0.15) is 11.1 Å². The zero-order valence-electron chi connectivity index (χ0n) is 12.3. The number of aliphatic imine (C=N–C) groups is 1. The van der Waals surface area contributed by atoms with E-state index < -0.39 is 20.9 Å². The summed E-state index contributed by atoms with van der Waals surface area (Å²) in [5.41, 5.74) is 1.33. The molecule has 2 atom stereocenters. The molecule has 10 heteroatoms. The molecule has 4 rings (SSSR count). The molecule has 1 N–H and O–H groups in total. The van der Waals surface area contributed by atoms with Crippen molar-refractivity contribution in [2.45, 2.75) is 17.3 Å². The summed E-state index contributed by atoms with van der Waals surface area (Å²) >= 11 is 7.46. The number of alkyl halides is 1. The first kappa shape index (κ1) is 15.8. The maximum absolute atomic E-state index is 12.8. The van der Waals surface area contributed by atoms with Crippen molar-refractivity contribution in [3.8, 4) is 0 Å². The molecule has 3 aliphatic rings. The highest BCUT2D eigenvalue weighted by molar-refractivity contribution is 8.16. The molecule has 24 heavy (non-hydrogen) atoms. The monoisotopic (exact) mass is 384 g/mol. The molecule has 2 unspecified atom stereocenters. The number of hydrogen-bond donors (Lipinski definition) is 1. The number of hydrogen-bond acceptors (Lipinski definition) is 6. The molecular weight excluding hydrogens is 372 g/mol. The smallest absolute Gasteiger partial charge is 0.257 e. The molecule has 0 amide bonds. The Morgan fingerprint density at radius 1 is 1.46 bits per heavy atom. The summed E-state index contributed by atoms with van der Waals surface area (Å²) in [6.45, 7) is 0.364. The Morgan fingerprint density at radius 3 is 3.12 bits per heavy atom. The first-order valence-corrected chi connectivity index (χ1v) is 10.1. The van der Waals surface area contributed by atoms with Crippen LogP contribution < -0.4 is 4.72 Å². The molecule has 1 aromatic rings. The molecule has 0 saturated carbocycles. The standard InChI is InChI=1S/C14H13ClN4O3S2/c15-12-13(19-5-6-23-14(19)16-12)24(21,22)17-11-2-1-10-8-18(20)4-3-9(10)7-11/h1-2,5-8,12-13,17H,3-4H2. The fourth-order valence-corrected chi connectivity index (χ4v) is 5.79. The molecular formula is C14H13ClN4O3S2. The van der Waals surface area contributed by atoms with Gasteiger partial charge in [-0.25, -0.2) is 18.1 Å². The summed E-state index contributed by atoms with van der Waals surface area (Å²) in [6, 6.07) is 5.13. The van der Waals surface area contributed by atoms with Crippen LogP contribution >= 0.6 is 23.4 Å². The maximum Gasteiger partial charge on any atom is 0.257 e. The zero-order chi connectivity index (χ0) is 16.9. The van der Waals surface area contributed by atoms with E-state index in [2.05, 4.69) is 9.71 Å². The Hall–Kier alpha value is -1.71. The lowest BCUT2D eigenvalue weighted by atomic mass is 10.0. The molecule has 3 heterocycles. The average Bonchev–Trinajstić information content (AvgIpc) is 3.06. The largest absolute Gasteiger partial charge is 0.624 e. The zero-order valence-corrected chi connectivity index (χ0v) is 14.7. The summed E-state index contributed by atoms with van der Waals surface area (Å²) in [5.74, 6) is 0. The van der Waals surface area contributed by atoms with Gasteiger partial charge >= 0.3 is 0 Å². The summed E-state index contributed by atoms with van der Waals surface area (Å²) < 4.78 is 29.0. The third-order valence-corrected chi connectivity index (χ3v) is 6.88. The first-order chi connectivity index (χ1) is 11.4. The number of sulfonamides is 1. The lowest BCUT2D eigenvalue weighted by Gasteiger charge is -2.23. The number of hydroxylamine groups is 1. The predicted octanol–water partition coefficient (Wildman–Crippen LogP) is 1.69. The number of nitrogens with one attached hydrogen (secondary N) is 1. The molecule has 0 spiro atoms. The van der Waals surface area contributed by atoms with Gasteiger partial charge in [-0.3, -0.25) is 4.72 Å². The van der Waals surface area contributed by atoms with Crippen LogP contribution in [-0.4, -0.2) is 46.9 Å². The third-order valence-electron chi connectivity index (χ3n) is 3.96. The van der Waals surface area contributed by atoms with Crippen LogP contribution in [0.3, 0.4) is 0 Å². The van der Waals surface area contributed by atoms with E-state index in [1.54, 1.807) is 34.7 Å². The molecule has 0 radical (unpaired) electrons. The van der Waals surface area contributed by atoms with Gasteiger partial charge in [-0.05, 0) is 29.2 Å². The topological polar surface area (TPSA) is 87.8 Å². The average molecular weight is 385 g/mol. The quantitative estimate of drug-likeness (QED) is 0.371. The SMILES string of the molecule is O=S(=O)(Nc1ccc2c(c1)CC[N+]([O-])=C2)C1C(Cl)N=C2SC=CN21. The van der Waals surface area contributed by atoms with Crippen LogP contribution in [-0.2, 0) is 16.4 Å². The van der Waals surface area contributed by atoms with Crippen LogP contribution in [0.25, 0.3) is 0 Å². The van der Waals surface area contributed by atoms with Gasteiger partial charge in [0.15, 0.2) is 28.8 Å². The second kappa shape index (κ2) is 5.68. The lowest BCUT2D eigenvalue weighted by molar-refractivity contribution is -0.453. The van der Waals surface area contributed by atoms with Gasteiger partial charge in [0, 0.05) is 23.9 Å². The van der Waals surface area contributed by atoms with Crippen LogP contribution in [0.2, 0.25) is 0 Å². The highest BCUT2D eigenvalue weighted by Crippen LogP contribution is 2.35.